The van der Waals surface area contributed by atoms with Gasteiger partial charge in [0.1, 0.15) is 11.7 Å². The summed E-state index contributed by atoms with van der Waals surface area (Å²) >= 11 is 0. The fourth-order valence-corrected chi connectivity index (χ4v) is 0.584. The first-order chi connectivity index (χ1) is 4.59. The number of Topliss-reactive ketones (excluding diaryl/α,β-unsaturated/α-hetero) is 1. The predicted molar refractivity (Wildman–Crippen MR) is 36.6 cm³/mol. The van der Waals surface area contributed by atoms with Crippen molar-refractivity contribution in [2.75, 3.05) is 0 Å². The van der Waals surface area contributed by atoms with Crippen LogP contribution in [-0.4, -0.2) is 16.9 Å². The summed E-state index contributed by atoms with van der Waals surface area (Å²) in [5.74, 6) is -2.40. The predicted octanol–water partition coefficient (Wildman–Crippen LogP) is 0.852. The molecule has 0 radical (unpaired) electrons. The van der Waals surface area contributed by atoms with E-state index in [0.717, 1.165) is 0 Å². The minimum Gasteiger partial charge on any atom is -0.480 e. The molecule has 0 bridgehead atoms. The molecule has 56 valence electrons. The molecule has 0 fully saturated rings. The number of carbonyl (C=O) groups is 2. The summed E-state index contributed by atoms with van der Waals surface area (Å²) in [4.78, 5) is 20.8. The van der Waals surface area contributed by atoms with Gasteiger partial charge < -0.3 is 5.11 Å². The lowest BCUT2D eigenvalue weighted by Crippen LogP contribution is -2.18. The first-order valence-corrected chi connectivity index (χ1v) is 2.95. The SMILES string of the molecule is CC=CC(C(C)=O)C(=O)O. The Labute approximate surface area is 59.4 Å². The van der Waals surface area contributed by atoms with E-state index in [-0.39, 0.29) is 5.78 Å². The average Bonchev–Trinajstić information content (AvgIpc) is 1.81. The van der Waals surface area contributed by atoms with Gasteiger partial charge in [-0.3, -0.25) is 9.59 Å². The first kappa shape index (κ1) is 8.88. The maximum Gasteiger partial charge on any atom is 0.317 e. The van der Waals surface area contributed by atoms with E-state index in [1.807, 2.05) is 0 Å². The minimum atomic E-state index is -1.09. The van der Waals surface area contributed by atoms with E-state index in [1.54, 1.807) is 13.0 Å². The second-order valence-corrected chi connectivity index (χ2v) is 1.95. The molecule has 0 aliphatic carbocycles. The number of hydrogen-bond acceptors (Lipinski definition) is 2. The zero-order chi connectivity index (χ0) is 8.15. The Morgan fingerprint density at radius 1 is 1.50 bits per heavy atom. The van der Waals surface area contributed by atoms with Gasteiger partial charge in [-0.05, 0) is 13.8 Å². The van der Waals surface area contributed by atoms with Crippen molar-refractivity contribution >= 4 is 11.8 Å². The Balaban J connectivity index is 4.27. The molecule has 1 atom stereocenters. The van der Waals surface area contributed by atoms with Crippen LogP contribution >= 0.6 is 0 Å². The van der Waals surface area contributed by atoms with E-state index in [9.17, 15) is 9.59 Å². The second kappa shape index (κ2) is 3.82. The van der Waals surface area contributed by atoms with Crippen molar-refractivity contribution in [1.82, 2.24) is 0 Å². The van der Waals surface area contributed by atoms with E-state index < -0.39 is 11.9 Å². The molecule has 1 unspecified atom stereocenters. The lowest BCUT2D eigenvalue weighted by Gasteiger charge is -1.99. The monoisotopic (exact) mass is 142 g/mol. The summed E-state index contributed by atoms with van der Waals surface area (Å²) in [6.45, 7) is 2.94. The molecule has 10 heavy (non-hydrogen) atoms. The lowest BCUT2D eigenvalue weighted by molar-refractivity contribution is -0.143. The minimum absolute atomic E-state index is 0.342. The van der Waals surface area contributed by atoms with E-state index in [2.05, 4.69) is 0 Å². The third-order valence-electron chi connectivity index (χ3n) is 1.09. The highest BCUT2D eigenvalue weighted by atomic mass is 16.4. The highest BCUT2D eigenvalue weighted by molar-refractivity contribution is 5.98. The fourth-order valence-electron chi connectivity index (χ4n) is 0.584. The lowest BCUT2D eigenvalue weighted by atomic mass is 10.1. The third kappa shape index (κ3) is 2.44. The molecular formula is C7H10O3. The van der Waals surface area contributed by atoms with E-state index in [4.69, 9.17) is 5.11 Å². The molecule has 0 aromatic carbocycles. The van der Waals surface area contributed by atoms with Gasteiger partial charge in [0.15, 0.2) is 0 Å². The van der Waals surface area contributed by atoms with Crippen molar-refractivity contribution in [2.45, 2.75) is 13.8 Å². The second-order valence-electron chi connectivity index (χ2n) is 1.95. The zero-order valence-electron chi connectivity index (χ0n) is 6.00. The summed E-state index contributed by atoms with van der Waals surface area (Å²) < 4.78 is 0. The summed E-state index contributed by atoms with van der Waals surface area (Å²) in [5, 5.41) is 8.40. The number of aliphatic carboxylic acids is 1. The van der Waals surface area contributed by atoms with Crippen LogP contribution in [0.4, 0.5) is 0 Å². The van der Waals surface area contributed by atoms with Crippen LogP contribution in [0.1, 0.15) is 13.8 Å². The van der Waals surface area contributed by atoms with Crippen LogP contribution in [0.3, 0.4) is 0 Å². The number of allylic oxidation sites excluding steroid dienone is 1. The van der Waals surface area contributed by atoms with E-state index in [0.29, 0.717) is 0 Å². The van der Waals surface area contributed by atoms with Gasteiger partial charge >= 0.3 is 5.97 Å². The number of carbonyl (C=O) groups excluding carboxylic acids is 1. The normalized spacial score (nSPS) is 13.4. The number of ketones is 1. The summed E-state index contributed by atoms with van der Waals surface area (Å²) in [5.41, 5.74) is 0. The maximum absolute atomic E-state index is 10.5. The summed E-state index contributed by atoms with van der Waals surface area (Å²) in [6.07, 6.45) is 2.92. The molecule has 0 aromatic rings. The van der Waals surface area contributed by atoms with Crippen LogP contribution in [0.15, 0.2) is 12.2 Å². The van der Waals surface area contributed by atoms with Crippen LogP contribution in [0, 0.1) is 5.92 Å². The molecule has 0 aliphatic rings. The van der Waals surface area contributed by atoms with Crippen molar-refractivity contribution in [2.24, 2.45) is 5.92 Å². The molecule has 0 amide bonds. The molecule has 0 spiro atoms. The molecule has 3 heteroatoms. The largest absolute Gasteiger partial charge is 0.480 e. The summed E-state index contributed by atoms with van der Waals surface area (Å²) in [6, 6.07) is 0. The number of carboxylic acids is 1. The van der Waals surface area contributed by atoms with Gasteiger partial charge in [0.25, 0.3) is 0 Å². The zero-order valence-corrected chi connectivity index (χ0v) is 6.00. The molecule has 0 saturated carbocycles. The Hall–Kier alpha value is -1.12. The van der Waals surface area contributed by atoms with Gasteiger partial charge in [-0.2, -0.15) is 0 Å². The van der Waals surface area contributed by atoms with Crippen LogP contribution in [0.25, 0.3) is 0 Å². The molecule has 1 N–H and O–H groups in total. The quantitative estimate of drug-likeness (QED) is 0.469. The maximum atomic E-state index is 10.5. The number of rotatable bonds is 3. The molecule has 0 saturated heterocycles. The highest BCUT2D eigenvalue weighted by Crippen LogP contribution is 1.99. The van der Waals surface area contributed by atoms with Gasteiger partial charge in [0, 0.05) is 0 Å². The molecule has 0 aromatic heterocycles. The van der Waals surface area contributed by atoms with Crippen LogP contribution < -0.4 is 0 Å². The van der Waals surface area contributed by atoms with E-state index >= 15 is 0 Å². The van der Waals surface area contributed by atoms with Gasteiger partial charge in [-0.15, -0.1) is 0 Å². The number of hydrogen-bond donors (Lipinski definition) is 1. The van der Waals surface area contributed by atoms with Gasteiger partial charge in [-0.25, -0.2) is 0 Å². The van der Waals surface area contributed by atoms with Gasteiger partial charge in [0.2, 0.25) is 0 Å². The average molecular weight is 142 g/mol. The smallest absolute Gasteiger partial charge is 0.317 e. The number of carboxylic acid groups (broad SMARTS) is 1. The highest BCUT2D eigenvalue weighted by Gasteiger charge is 2.17. The van der Waals surface area contributed by atoms with Crippen molar-refractivity contribution in [3.05, 3.63) is 12.2 Å². The topological polar surface area (TPSA) is 54.4 Å². The Bertz CT molecular complexity index is 156. The van der Waals surface area contributed by atoms with Crippen molar-refractivity contribution in [1.29, 1.82) is 0 Å². The van der Waals surface area contributed by atoms with Gasteiger partial charge in [0.05, 0.1) is 0 Å². The molecular weight excluding hydrogens is 132 g/mol. The van der Waals surface area contributed by atoms with Crippen LogP contribution in [-0.2, 0) is 9.59 Å². The Kier molecular flexibility index (Phi) is 3.39. The van der Waals surface area contributed by atoms with Crippen LogP contribution in [0.5, 0.6) is 0 Å². The molecule has 0 aliphatic heterocycles. The Morgan fingerprint density at radius 3 is 2.10 bits per heavy atom. The van der Waals surface area contributed by atoms with Crippen molar-refractivity contribution in [3.63, 3.8) is 0 Å². The third-order valence-corrected chi connectivity index (χ3v) is 1.09. The fraction of sp³-hybridized carbons (Fsp3) is 0.429. The molecule has 3 nitrogen and oxygen atoms in total. The summed E-state index contributed by atoms with van der Waals surface area (Å²) in [7, 11) is 0. The Morgan fingerprint density at radius 2 is 2.00 bits per heavy atom. The first-order valence-electron chi connectivity index (χ1n) is 2.95. The molecule has 0 rings (SSSR count). The van der Waals surface area contributed by atoms with Gasteiger partial charge in [-0.1, -0.05) is 12.2 Å². The molecule has 0 heterocycles. The van der Waals surface area contributed by atoms with E-state index in [1.165, 1.54) is 13.0 Å². The van der Waals surface area contributed by atoms with Crippen molar-refractivity contribution in [3.8, 4) is 0 Å². The van der Waals surface area contributed by atoms with Crippen LogP contribution in [0.2, 0.25) is 0 Å². The van der Waals surface area contributed by atoms with Crippen molar-refractivity contribution < 1.29 is 14.7 Å². The standard InChI is InChI=1S/C7H10O3/c1-3-4-6(5(2)8)7(9)10/h3-4,6H,1-2H3,(H,9,10).